The number of halogens is 3. The van der Waals surface area contributed by atoms with Crippen LogP contribution in [-0.4, -0.2) is 26.7 Å². The van der Waals surface area contributed by atoms with E-state index in [1.165, 1.54) is 32.9 Å². The highest BCUT2D eigenvalue weighted by Crippen LogP contribution is 2.30. The summed E-state index contributed by atoms with van der Waals surface area (Å²) in [7, 11) is -4.05. The molecule has 28 heavy (non-hydrogen) atoms. The number of rotatable bonds is 9. The van der Waals surface area contributed by atoms with Crippen LogP contribution in [0, 0.1) is 0 Å². The Bertz CT molecular complexity index is 642. The van der Waals surface area contributed by atoms with Gasteiger partial charge in [0, 0.05) is 19.3 Å². The Hall–Kier alpha value is -2.36. The summed E-state index contributed by atoms with van der Waals surface area (Å²) in [6.45, 7) is 4.59. The molecule has 0 aliphatic carbocycles. The quantitative estimate of drug-likeness (QED) is 0.561. The third kappa shape index (κ3) is 7.33. The molecule has 0 fully saturated rings. The van der Waals surface area contributed by atoms with E-state index in [1.807, 2.05) is 0 Å². The van der Waals surface area contributed by atoms with Crippen molar-refractivity contribution in [3.05, 3.63) is 35.4 Å². The smallest absolute Gasteiger partial charge is 0.455 e. The van der Waals surface area contributed by atoms with Crippen LogP contribution in [0.4, 0.5) is 13.2 Å². The van der Waals surface area contributed by atoms with Gasteiger partial charge in [0.05, 0.1) is 11.6 Å². The molecule has 10 heteroatoms. The summed E-state index contributed by atoms with van der Waals surface area (Å²) in [4.78, 5) is 35.5. The van der Waals surface area contributed by atoms with Gasteiger partial charge in [0.2, 0.25) is 0 Å². The Kier molecular flexibility index (Phi) is 8.67. The molecular formula is C18H23F3O6Si. The van der Waals surface area contributed by atoms with Gasteiger partial charge in [-0.15, -0.1) is 0 Å². The van der Waals surface area contributed by atoms with Crippen molar-refractivity contribution in [3.63, 3.8) is 0 Å². The van der Waals surface area contributed by atoms with Crippen molar-refractivity contribution in [2.45, 2.75) is 58.7 Å². The van der Waals surface area contributed by atoms with Crippen molar-refractivity contribution >= 4 is 26.7 Å². The van der Waals surface area contributed by atoms with Crippen LogP contribution >= 0.6 is 0 Å². The molecule has 0 aliphatic rings. The van der Waals surface area contributed by atoms with Crippen LogP contribution in [0.15, 0.2) is 24.3 Å². The molecule has 0 saturated carbocycles. The van der Waals surface area contributed by atoms with Crippen LogP contribution < -0.4 is 0 Å². The first kappa shape index (κ1) is 23.7. The van der Waals surface area contributed by atoms with E-state index >= 15 is 0 Å². The lowest BCUT2D eigenvalue weighted by Crippen LogP contribution is -2.50. The van der Waals surface area contributed by atoms with Gasteiger partial charge in [-0.05, 0) is 24.1 Å². The molecule has 1 aromatic rings. The molecule has 0 aromatic heterocycles. The zero-order valence-corrected chi connectivity index (χ0v) is 16.9. The molecule has 1 rings (SSSR count). The summed E-state index contributed by atoms with van der Waals surface area (Å²) in [6, 6.07) is 4.26. The van der Waals surface area contributed by atoms with Crippen molar-refractivity contribution in [3.8, 4) is 0 Å². The van der Waals surface area contributed by atoms with Gasteiger partial charge in [-0.25, -0.2) is 0 Å². The zero-order chi connectivity index (χ0) is 21.4. The minimum absolute atomic E-state index is 0.0254. The van der Waals surface area contributed by atoms with Crippen LogP contribution in [0.3, 0.4) is 0 Å². The number of hydrogen-bond acceptors (Lipinski definition) is 6. The summed E-state index contributed by atoms with van der Waals surface area (Å²) in [5, 5.41) is 0. The highest BCUT2D eigenvalue weighted by atomic mass is 28.4. The molecule has 0 amide bonds. The molecular weight excluding hydrogens is 397 g/mol. The van der Waals surface area contributed by atoms with Crippen LogP contribution in [0.2, 0.25) is 6.04 Å². The summed E-state index contributed by atoms with van der Waals surface area (Å²) in [5.74, 6) is -2.11. The van der Waals surface area contributed by atoms with Crippen LogP contribution in [0.25, 0.3) is 0 Å². The summed E-state index contributed by atoms with van der Waals surface area (Å²) in [5.41, 5.74) is -0.315. The molecule has 0 bridgehead atoms. The molecule has 1 aromatic carbocycles. The Morgan fingerprint density at radius 1 is 0.821 bits per heavy atom. The maximum atomic E-state index is 12.7. The number of benzene rings is 1. The second-order valence-corrected chi connectivity index (χ2v) is 8.34. The monoisotopic (exact) mass is 420 g/mol. The molecule has 6 nitrogen and oxygen atoms in total. The van der Waals surface area contributed by atoms with Crippen LogP contribution in [0.5, 0.6) is 0 Å². The molecule has 0 unspecified atom stereocenters. The van der Waals surface area contributed by atoms with Crippen molar-refractivity contribution in [1.29, 1.82) is 0 Å². The van der Waals surface area contributed by atoms with Gasteiger partial charge in [0.15, 0.2) is 0 Å². The number of carbonyl (C=O) groups is 3. The predicted molar refractivity (Wildman–Crippen MR) is 94.9 cm³/mol. The fourth-order valence-electron chi connectivity index (χ4n) is 2.11. The third-order valence-electron chi connectivity index (χ3n) is 3.68. The van der Waals surface area contributed by atoms with Gasteiger partial charge in [0.25, 0.3) is 17.9 Å². The van der Waals surface area contributed by atoms with E-state index in [9.17, 15) is 27.6 Å². The fraction of sp³-hybridized carbons (Fsp3) is 0.500. The largest absolute Gasteiger partial charge is 0.705 e. The molecule has 0 atom stereocenters. The highest BCUT2D eigenvalue weighted by Gasteiger charge is 2.52. The van der Waals surface area contributed by atoms with E-state index in [2.05, 4.69) is 0 Å². The molecule has 0 spiro atoms. The number of carbonyl (C=O) groups excluding carboxylic acids is 3. The molecule has 0 N–H and O–H groups in total. The lowest BCUT2D eigenvalue weighted by Gasteiger charge is -2.27. The Morgan fingerprint density at radius 3 is 1.54 bits per heavy atom. The first-order valence-electron chi connectivity index (χ1n) is 8.86. The van der Waals surface area contributed by atoms with Gasteiger partial charge in [-0.2, -0.15) is 13.2 Å². The van der Waals surface area contributed by atoms with Gasteiger partial charge < -0.3 is 13.3 Å². The Balaban J connectivity index is 3.08. The Morgan fingerprint density at radius 2 is 1.21 bits per heavy atom. The normalized spacial score (nSPS) is 11.6. The Labute approximate surface area is 162 Å². The van der Waals surface area contributed by atoms with Gasteiger partial charge in [0.1, 0.15) is 0 Å². The average Bonchev–Trinajstić information content (AvgIpc) is 2.65. The lowest BCUT2D eigenvalue weighted by atomic mass is 10.1. The van der Waals surface area contributed by atoms with Gasteiger partial charge in [-0.3, -0.25) is 14.4 Å². The molecule has 0 heterocycles. The van der Waals surface area contributed by atoms with Crippen molar-refractivity contribution in [2.75, 3.05) is 0 Å². The minimum Gasteiger partial charge on any atom is -0.455 e. The zero-order valence-electron chi connectivity index (χ0n) is 15.9. The SMILES string of the molecule is CCC(=O)O[Si](CCc1ccc(C(F)(F)F)cc1)(OC(=O)CC)OC(=O)CC. The van der Waals surface area contributed by atoms with E-state index < -0.39 is 38.5 Å². The summed E-state index contributed by atoms with van der Waals surface area (Å²) in [6.07, 6.45) is -4.44. The highest BCUT2D eigenvalue weighted by molar-refractivity contribution is 6.65. The summed E-state index contributed by atoms with van der Waals surface area (Å²) < 4.78 is 53.8. The van der Waals surface area contributed by atoms with Crippen LogP contribution in [-0.2, 0) is 40.3 Å². The van der Waals surface area contributed by atoms with E-state index in [0.717, 1.165) is 12.1 Å². The first-order valence-corrected chi connectivity index (χ1v) is 10.8. The first-order chi connectivity index (χ1) is 13.0. The third-order valence-corrected chi connectivity index (χ3v) is 6.15. The molecule has 0 aliphatic heterocycles. The summed E-state index contributed by atoms with van der Waals surface area (Å²) >= 11 is 0. The lowest BCUT2D eigenvalue weighted by molar-refractivity contribution is -0.150. The maximum Gasteiger partial charge on any atom is 0.705 e. The van der Waals surface area contributed by atoms with Gasteiger partial charge >= 0.3 is 15.0 Å². The van der Waals surface area contributed by atoms with Crippen molar-refractivity contribution < 1.29 is 40.8 Å². The predicted octanol–water partition coefficient (Wildman–Crippen LogP) is 4.05. The number of aryl methyl sites for hydroxylation is 1. The van der Waals surface area contributed by atoms with E-state index in [4.69, 9.17) is 13.3 Å². The van der Waals surface area contributed by atoms with Crippen LogP contribution in [0.1, 0.15) is 51.2 Å². The molecule has 156 valence electrons. The van der Waals surface area contributed by atoms with Gasteiger partial charge in [-0.1, -0.05) is 32.9 Å². The minimum atomic E-state index is -4.46. The van der Waals surface area contributed by atoms with Crippen molar-refractivity contribution in [1.82, 2.24) is 0 Å². The molecule has 0 saturated heterocycles. The van der Waals surface area contributed by atoms with E-state index in [0.29, 0.717) is 5.56 Å². The average molecular weight is 420 g/mol. The number of hydrogen-bond donors (Lipinski definition) is 0. The number of alkyl halides is 3. The van der Waals surface area contributed by atoms with E-state index in [-0.39, 0.29) is 31.7 Å². The van der Waals surface area contributed by atoms with Crippen molar-refractivity contribution in [2.24, 2.45) is 0 Å². The second kappa shape index (κ2) is 10.3. The standard InChI is InChI=1S/C18H23F3O6Si/c1-4-15(22)25-28(26-16(23)5-2,27-17(24)6-3)12-11-13-7-9-14(10-8-13)18(19,20)21/h7-10H,4-6,11-12H2,1-3H3. The fourth-order valence-corrected chi connectivity index (χ4v) is 4.61. The molecule has 0 radical (unpaired) electrons. The maximum absolute atomic E-state index is 12.7. The second-order valence-electron chi connectivity index (χ2n) is 5.86. The van der Waals surface area contributed by atoms with E-state index in [1.54, 1.807) is 0 Å². The topological polar surface area (TPSA) is 78.9 Å².